The van der Waals surface area contributed by atoms with Crippen molar-refractivity contribution >= 4 is 5.69 Å². The summed E-state index contributed by atoms with van der Waals surface area (Å²) < 4.78 is 0. The molecule has 1 fully saturated rings. The minimum absolute atomic E-state index is 0.338. The molecule has 1 N–H and O–H groups in total. The predicted octanol–water partition coefficient (Wildman–Crippen LogP) is 4.39. The number of aliphatic hydroxyl groups excluding tert-OH is 1. The van der Waals surface area contributed by atoms with Gasteiger partial charge >= 0.3 is 0 Å². The van der Waals surface area contributed by atoms with Crippen LogP contribution in [-0.2, 0) is 0 Å². The van der Waals surface area contributed by atoms with Gasteiger partial charge in [-0.25, -0.2) is 0 Å². The zero-order valence-corrected chi connectivity index (χ0v) is 13.2. The molecule has 1 saturated heterocycles. The fraction of sp³-hybridized carbons (Fsp3) is 0.667. The SMILES string of the molecule is CC[C@@H](O)c1ccccc1N1CCCC(C(C)C)CC1. The van der Waals surface area contributed by atoms with Crippen LogP contribution in [0.4, 0.5) is 5.69 Å². The summed E-state index contributed by atoms with van der Waals surface area (Å²) >= 11 is 0. The van der Waals surface area contributed by atoms with E-state index in [9.17, 15) is 5.11 Å². The van der Waals surface area contributed by atoms with E-state index in [0.717, 1.165) is 36.9 Å². The van der Waals surface area contributed by atoms with Crippen molar-refractivity contribution in [2.75, 3.05) is 18.0 Å². The van der Waals surface area contributed by atoms with Gasteiger partial charge in [0.25, 0.3) is 0 Å². The molecule has 112 valence electrons. The first-order valence-corrected chi connectivity index (χ1v) is 8.15. The predicted molar refractivity (Wildman–Crippen MR) is 86.1 cm³/mol. The first-order chi connectivity index (χ1) is 9.63. The summed E-state index contributed by atoms with van der Waals surface area (Å²) in [5.41, 5.74) is 2.34. The van der Waals surface area contributed by atoms with Crippen LogP contribution < -0.4 is 4.90 Å². The van der Waals surface area contributed by atoms with Crippen LogP contribution in [0.2, 0.25) is 0 Å². The highest BCUT2D eigenvalue weighted by atomic mass is 16.3. The average molecular weight is 275 g/mol. The number of anilines is 1. The topological polar surface area (TPSA) is 23.5 Å². The van der Waals surface area contributed by atoms with Crippen molar-refractivity contribution in [2.24, 2.45) is 11.8 Å². The maximum absolute atomic E-state index is 10.2. The van der Waals surface area contributed by atoms with Crippen LogP contribution in [0.1, 0.15) is 58.1 Å². The van der Waals surface area contributed by atoms with E-state index < -0.39 is 0 Å². The van der Waals surface area contributed by atoms with Crippen LogP contribution in [0, 0.1) is 11.8 Å². The van der Waals surface area contributed by atoms with Crippen LogP contribution in [-0.4, -0.2) is 18.2 Å². The maximum Gasteiger partial charge on any atom is 0.0807 e. The van der Waals surface area contributed by atoms with Crippen LogP contribution in [0.5, 0.6) is 0 Å². The largest absolute Gasteiger partial charge is 0.388 e. The van der Waals surface area contributed by atoms with Crippen molar-refractivity contribution in [3.63, 3.8) is 0 Å². The molecule has 1 unspecified atom stereocenters. The molecule has 1 aromatic carbocycles. The molecule has 1 aliphatic heterocycles. The van der Waals surface area contributed by atoms with Gasteiger partial charge in [-0.05, 0) is 43.6 Å². The highest BCUT2D eigenvalue weighted by Gasteiger charge is 2.22. The molecule has 20 heavy (non-hydrogen) atoms. The summed E-state index contributed by atoms with van der Waals surface area (Å²) in [6, 6.07) is 8.37. The van der Waals surface area contributed by atoms with Crippen molar-refractivity contribution < 1.29 is 5.11 Å². The Labute approximate surface area is 123 Å². The molecule has 0 spiro atoms. The van der Waals surface area contributed by atoms with Crippen molar-refractivity contribution in [1.29, 1.82) is 0 Å². The van der Waals surface area contributed by atoms with E-state index in [2.05, 4.69) is 36.9 Å². The number of benzene rings is 1. The Hall–Kier alpha value is -1.02. The minimum Gasteiger partial charge on any atom is -0.388 e. The van der Waals surface area contributed by atoms with Crippen molar-refractivity contribution in [2.45, 2.75) is 52.6 Å². The molecule has 0 aliphatic carbocycles. The number of hydrogen-bond donors (Lipinski definition) is 1. The van der Waals surface area contributed by atoms with E-state index in [1.807, 2.05) is 13.0 Å². The first kappa shape index (κ1) is 15.4. The van der Waals surface area contributed by atoms with Gasteiger partial charge in [-0.1, -0.05) is 39.0 Å². The number of aliphatic hydroxyl groups is 1. The Morgan fingerprint density at radius 2 is 1.95 bits per heavy atom. The maximum atomic E-state index is 10.2. The van der Waals surface area contributed by atoms with Gasteiger partial charge in [-0.15, -0.1) is 0 Å². The normalized spacial score (nSPS) is 21.9. The van der Waals surface area contributed by atoms with Crippen LogP contribution in [0.25, 0.3) is 0 Å². The molecule has 1 aliphatic rings. The minimum atomic E-state index is -0.338. The Morgan fingerprint density at radius 3 is 2.65 bits per heavy atom. The number of nitrogens with zero attached hydrogens (tertiary/aromatic N) is 1. The van der Waals surface area contributed by atoms with E-state index in [1.165, 1.54) is 24.9 Å². The smallest absolute Gasteiger partial charge is 0.0807 e. The third-order valence-electron chi connectivity index (χ3n) is 4.74. The van der Waals surface area contributed by atoms with Gasteiger partial charge in [-0.2, -0.15) is 0 Å². The lowest BCUT2D eigenvalue weighted by Gasteiger charge is -2.27. The lowest BCUT2D eigenvalue weighted by molar-refractivity contribution is 0.174. The Morgan fingerprint density at radius 1 is 1.20 bits per heavy atom. The molecule has 0 bridgehead atoms. The van der Waals surface area contributed by atoms with E-state index >= 15 is 0 Å². The standard InChI is InChI=1S/C18H29NO/c1-4-18(20)16-9-5-6-10-17(16)19-12-7-8-15(11-13-19)14(2)3/h5-6,9-10,14-15,18,20H,4,7-8,11-13H2,1-3H3/t15?,18-/m1/s1. The number of rotatable bonds is 4. The van der Waals surface area contributed by atoms with Gasteiger partial charge in [0.2, 0.25) is 0 Å². The van der Waals surface area contributed by atoms with Crippen molar-refractivity contribution in [3.8, 4) is 0 Å². The molecule has 2 nitrogen and oxygen atoms in total. The van der Waals surface area contributed by atoms with Crippen molar-refractivity contribution in [3.05, 3.63) is 29.8 Å². The molecule has 1 heterocycles. The zero-order valence-electron chi connectivity index (χ0n) is 13.2. The summed E-state index contributed by atoms with van der Waals surface area (Å²) in [6.45, 7) is 8.97. The fourth-order valence-corrected chi connectivity index (χ4v) is 3.31. The van der Waals surface area contributed by atoms with E-state index in [0.29, 0.717) is 0 Å². The molecular weight excluding hydrogens is 246 g/mol. The fourth-order valence-electron chi connectivity index (χ4n) is 3.31. The summed E-state index contributed by atoms with van der Waals surface area (Å²) in [5.74, 6) is 1.63. The van der Waals surface area contributed by atoms with Gasteiger partial charge in [0.15, 0.2) is 0 Å². The van der Waals surface area contributed by atoms with Gasteiger partial charge in [0.05, 0.1) is 6.10 Å². The number of para-hydroxylation sites is 1. The lowest BCUT2D eigenvalue weighted by atomic mass is 9.89. The second-order valence-corrected chi connectivity index (χ2v) is 6.40. The van der Waals surface area contributed by atoms with Gasteiger partial charge in [0.1, 0.15) is 0 Å². The highest BCUT2D eigenvalue weighted by Crippen LogP contribution is 2.32. The highest BCUT2D eigenvalue weighted by molar-refractivity contribution is 5.54. The second-order valence-electron chi connectivity index (χ2n) is 6.40. The van der Waals surface area contributed by atoms with Gasteiger partial charge in [-0.3, -0.25) is 0 Å². The van der Waals surface area contributed by atoms with E-state index in [-0.39, 0.29) is 6.10 Å². The Bertz CT molecular complexity index is 416. The molecule has 0 amide bonds. The number of hydrogen-bond acceptors (Lipinski definition) is 2. The lowest BCUT2D eigenvalue weighted by Crippen LogP contribution is -2.26. The third-order valence-corrected chi connectivity index (χ3v) is 4.74. The van der Waals surface area contributed by atoms with Gasteiger partial charge < -0.3 is 10.0 Å². The molecule has 0 saturated carbocycles. The van der Waals surface area contributed by atoms with Crippen LogP contribution >= 0.6 is 0 Å². The second kappa shape index (κ2) is 7.12. The summed E-state index contributed by atoms with van der Waals surface area (Å²) in [6.07, 6.45) is 4.31. The first-order valence-electron chi connectivity index (χ1n) is 8.15. The van der Waals surface area contributed by atoms with E-state index in [1.54, 1.807) is 0 Å². The molecule has 0 radical (unpaired) electrons. The molecular formula is C18H29NO. The molecule has 2 heteroatoms. The van der Waals surface area contributed by atoms with Crippen molar-refractivity contribution in [1.82, 2.24) is 0 Å². The van der Waals surface area contributed by atoms with E-state index in [4.69, 9.17) is 0 Å². The average Bonchev–Trinajstić information content (AvgIpc) is 2.72. The quantitative estimate of drug-likeness (QED) is 0.880. The van der Waals surface area contributed by atoms with Gasteiger partial charge in [0, 0.05) is 24.3 Å². The zero-order chi connectivity index (χ0) is 14.5. The Kier molecular flexibility index (Phi) is 5.47. The summed E-state index contributed by atoms with van der Waals surface area (Å²) in [4.78, 5) is 2.48. The molecule has 1 aromatic rings. The van der Waals surface area contributed by atoms with Crippen LogP contribution in [0.15, 0.2) is 24.3 Å². The summed E-state index contributed by atoms with van der Waals surface area (Å²) in [7, 11) is 0. The Balaban J connectivity index is 2.15. The third kappa shape index (κ3) is 3.54. The molecule has 2 rings (SSSR count). The molecule has 2 atom stereocenters. The van der Waals surface area contributed by atoms with Crippen LogP contribution in [0.3, 0.4) is 0 Å². The monoisotopic (exact) mass is 275 g/mol. The summed E-state index contributed by atoms with van der Waals surface area (Å²) in [5, 5.41) is 10.2. The molecule has 0 aromatic heterocycles.